The number of allylic oxidation sites excluding steroid dienone is 21. The molecule has 6 heteroatoms. The van der Waals surface area contributed by atoms with Crippen LogP contribution in [0.3, 0.4) is 0 Å². The van der Waals surface area contributed by atoms with Crippen molar-refractivity contribution in [3.05, 3.63) is 134 Å². The average Bonchev–Trinajstić information content (AvgIpc) is 3.39. The maximum atomic E-state index is 12.7. The topological polar surface area (TPSA) is 78.9 Å². The van der Waals surface area contributed by atoms with Crippen LogP contribution in [0.1, 0.15) is 252 Å². The van der Waals surface area contributed by atoms with Crippen LogP contribution in [0.5, 0.6) is 0 Å². The lowest BCUT2D eigenvalue weighted by molar-refractivity contribution is -0.166. The third kappa shape index (κ3) is 58.3. The Balaban J connectivity index is 4.13. The lowest BCUT2D eigenvalue weighted by atomic mass is 10.0. The summed E-state index contributed by atoms with van der Waals surface area (Å²) in [6.45, 7) is 6.27. The molecule has 0 aliphatic carbocycles. The molecule has 0 saturated heterocycles. The minimum Gasteiger partial charge on any atom is -0.462 e. The van der Waals surface area contributed by atoms with Gasteiger partial charge in [0.05, 0.1) is 6.42 Å². The first-order valence-corrected chi connectivity index (χ1v) is 29.7. The zero-order valence-electron chi connectivity index (χ0n) is 47.1. The van der Waals surface area contributed by atoms with Crippen molar-refractivity contribution in [3.63, 3.8) is 0 Å². The van der Waals surface area contributed by atoms with E-state index in [0.717, 1.165) is 109 Å². The minimum atomic E-state index is -0.832. The lowest BCUT2D eigenvalue weighted by Gasteiger charge is -2.18. The summed E-state index contributed by atoms with van der Waals surface area (Å²) in [5.41, 5.74) is 0. The Morgan fingerprint density at radius 1 is 0.301 bits per heavy atom. The number of esters is 3. The lowest BCUT2D eigenvalue weighted by Crippen LogP contribution is -2.30. The fourth-order valence-corrected chi connectivity index (χ4v) is 7.82. The highest BCUT2D eigenvalue weighted by Gasteiger charge is 2.19. The third-order valence-corrected chi connectivity index (χ3v) is 12.2. The van der Waals surface area contributed by atoms with Crippen molar-refractivity contribution < 1.29 is 28.6 Å². The molecule has 0 bridgehead atoms. The number of hydrogen-bond acceptors (Lipinski definition) is 6. The van der Waals surface area contributed by atoms with Crippen molar-refractivity contribution in [2.45, 2.75) is 258 Å². The van der Waals surface area contributed by atoms with Gasteiger partial charge in [-0.3, -0.25) is 14.4 Å². The first kappa shape index (κ1) is 68.6. The number of rotatable bonds is 52. The maximum Gasteiger partial charge on any atom is 0.310 e. The number of unbranched alkanes of at least 4 members (excludes halogenated alkanes) is 20. The van der Waals surface area contributed by atoms with Gasteiger partial charge in [-0.2, -0.15) is 0 Å². The molecule has 0 heterocycles. The summed E-state index contributed by atoms with van der Waals surface area (Å²) in [6, 6.07) is 0. The van der Waals surface area contributed by atoms with Gasteiger partial charge in [-0.25, -0.2) is 0 Å². The van der Waals surface area contributed by atoms with Crippen LogP contribution in [-0.4, -0.2) is 37.2 Å². The second kappa shape index (κ2) is 60.1. The Hall–Kier alpha value is -4.45. The zero-order chi connectivity index (χ0) is 52.9. The highest BCUT2D eigenvalue weighted by molar-refractivity contribution is 5.72. The van der Waals surface area contributed by atoms with Crippen LogP contribution in [0.4, 0.5) is 0 Å². The van der Waals surface area contributed by atoms with Crippen LogP contribution in [0.25, 0.3) is 0 Å². The van der Waals surface area contributed by atoms with Crippen LogP contribution in [0.15, 0.2) is 134 Å². The second-order valence-electron chi connectivity index (χ2n) is 19.2. The Morgan fingerprint density at radius 2 is 0.575 bits per heavy atom. The van der Waals surface area contributed by atoms with Gasteiger partial charge in [0.15, 0.2) is 6.10 Å². The summed E-state index contributed by atoms with van der Waals surface area (Å²) < 4.78 is 16.6. The van der Waals surface area contributed by atoms with E-state index in [2.05, 4.69) is 142 Å². The average molecular weight is 1010 g/mol. The largest absolute Gasteiger partial charge is 0.462 e. The molecule has 0 aliphatic heterocycles. The molecule has 0 aromatic carbocycles. The quantitative estimate of drug-likeness (QED) is 0.0261. The van der Waals surface area contributed by atoms with Crippen LogP contribution in [-0.2, 0) is 28.6 Å². The van der Waals surface area contributed by atoms with E-state index in [0.29, 0.717) is 12.8 Å². The van der Waals surface area contributed by atoms with Gasteiger partial charge in [-0.15, -0.1) is 0 Å². The van der Waals surface area contributed by atoms with E-state index in [1.54, 1.807) is 6.08 Å². The highest BCUT2D eigenvalue weighted by Crippen LogP contribution is 2.15. The number of ether oxygens (including phenoxy) is 3. The Kier molecular flexibility index (Phi) is 56.4. The molecule has 6 nitrogen and oxygen atoms in total. The van der Waals surface area contributed by atoms with Gasteiger partial charge in [0, 0.05) is 12.8 Å². The van der Waals surface area contributed by atoms with Crippen molar-refractivity contribution in [2.24, 2.45) is 0 Å². The maximum absolute atomic E-state index is 12.7. The highest BCUT2D eigenvalue weighted by atomic mass is 16.6. The number of carbonyl (C=O) groups is 3. The molecule has 0 saturated carbocycles. The molecule has 1 atom stereocenters. The molecule has 1 unspecified atom stereocenters. The van der Waals surface area contributed by atoms with Gasteiger partial charge in [-0.05, 0) is 96.3 Å². The minimum absolute atomic E-state index is 0.0945. The summed E-state index contributed by atoms with van der Waals surface area (Å²) in [6.07, 6.45) is 85.1. The summed E-state index contributed by atoms with van der Waals surface area (Å²) in [5.74, 6) is -1.06. The van der Waals surface area contributed by atoms with Crippen molar-refractivity contribution in [1.29, 1.82) is 0 Å². The van der Waals surface area contributed by atoms with Crippen LogP contribution >= 0.6 is 0 Å². The Morgan fingerprint density at radius 3 is 0.904 bits per heavy atom. The SMILES string of the molecule is CC/C=C\C/C=C\C/C=C\C/C=C\C/C=C\C/C=C\CCCCCCCCCCCCCCCCC(=O)OCC(COC(=O)CCCCCCCCC)OC(=O)C/C=C\C/C=C\C/C=C\C/C=C\C/C=C\CC. The van der Waals surface area contributed by atoms with E-state index in [9.17, 15) is 14.4 Å². The molecule has 73 heavy (non-hydrogen) atoms. The zero-order valence-corrected chi connectivity index (χ0v) is 47.1. The fourth-order valence-electron chi connectivity index (χ4n) is 7.82. The molecular formula is C67H108O6. The fraction of sp³-hybridized carbons (Fsp3) is 0.627. The number of carbonyl (C=O) groups excluding carboxylic acids is 3. The summed E-state index contributed by atoms with van der Waals surface area (Å²) in [4.78, 5) is 37.8. The van der Waals surface area contributed by atoms with E-state index >= 15 is 0 Å². The van der Waals surface area contributed by atoms with E-state index in [1.165, 1.54) is 103 Å². The monoisotopic (exact) mass is 1010 g/mol. The van der Waals surface area contributed by atoms with Crippen LogP contribution < -0.4 is 0 Å². The standard InChI is InChI=1S/C67H108O6/c1-4-7-10-13-16-18-20-22-24-25-26-27-28-29-30-31-32-33-34-35-36-37-38-39-40-41-43-44-46-48-51-54-57-60-66(69)72-63-64(62-71-65(68)59-56-53-50-15-12-9-6-3)73-67(70)61-58-55-52-49-47-45-42-23-21-19-17-14-11-8-5-2/h7-8,10-11,16-19,22-24,26-27,29-30,32-33,42,47,49,55,58,64H,4-6,9,12-15,20-21,25,28,31,34-41,43-46,48,50-54,56-57,59-63H2,1-3H3/b10-7-,11-8-,18-16-,19-17-,24-22-,27-26-,30-29-,33-32-,42-23-,49-47-,58-55-. The van der Waals surface area contributed by atoms with E-state index in [4.69, 9.17) is 14.2 Å². The van der Waals surface area contributed by atoms with E-state index in [-0.39, 0.29) is 31.6 Å². The molecule has 0 aromatic heterocycles. The second-order valence-corrected chi connectivity index (χ2v) is 19.2. The molecule has 0 rings (SSSR count). The molecule has 0 aliphatic rings. The van der Waals surface area contributed by atoms with Gasteiger partial charge in [0.2, 0.25) is 0 Å². The van der Waals surface area contributed by atoms with Gasteiger partial charge >= 0.3 is 17.9 Å². The first-order chi connectivity index (χ1) is 36.0. The molecule has 0 N–H and O–H groups in total. The summed E-state index contributed by atoms with van der Waals surface area (Å²) >= 11 is 0. The molecule has 0 spiro atoms. The molecule has 412 valence electrons. The Labute approximate surface area is 449 Å². The van der Waals surface area contributed by atoms with Gasteiger partial charge < -0.3 is 14.2 Å². The summed E-state index contributed by atoms with van der Waals surface area (Å²) in [5, 5.41) is 0. The molecule has 0 amide bonds. The predicted molar refractivity (Wildman–Crippen MR) is 316 cm³/mol. The van der Waals surface area contributed by atoms with Crippen molar-refractivity contribution >= 4 is 17.9 Å². The van der Waals surface area contributed by atoms with Crippen LogP contribution in [0.2, 0.25) is 0 Å². The molecule has 0 radical (unpaired) electrons. The molecular weight excluding hydrogens is 901 g/mol. The Bertz CT molecular complexity index is 1580. The van der Waals surface area contributed by atoms with Gasteiger partial charge in [-0.1, -0.05) is 270 Å². The third-order valence-electron chi connectivity index (χ3n) is 12.2. The van der Waals surface area contributed by atoms with Crippen molar-refractivity contribution in [2.75, 3.05) is 13.2 Å². The molecule has 0 fully saturated rings. The predicted octanol–water partition coefficient (Wildman–Crippen LogP) is 20.2. The normalized spacial score (nSPS) is 13.1. The van der Waals surface area contributed by atoms with E-state index in [1.807, 2.05) is 6.08 Å². The smallest absolute Gasteiger partial charge is 0.310 e. The first-order valence-electron chi connectivity index (χ1n) is 29.7. The van der Waals surface area contributed by atoms with Gasteiger partial charge in [0.25, 0.3) is 0 Å². The van der Waals surface area contributed by atoms with Crippen molar-refractivity contribution in [3.8, 4) is 0 Å². The number of hydrogen-bond donors (Lipinski definition) is 0. The van der Waals surface area contributed by atoms with Crippen molar-refractivity contribution in [1.82, 2.24) is 0 Å². The van der Waals surface area contributed by atoms with Gasteiger partial charge in [0.1, 0.15) is 13.2 Å². The molecule has 0 aromatic rings. The summed E-state index contributed by atoms with van der Waals surface area (Å²) in [7, 11) is 0. The van der Waals surface area contributed by atoms with E-state index < -0.39 is 12.1 Å². The van der Waals surface area contributed by atoms with Crippen LogP contribution in [0, 0.1) is 0 Å².